The van der Waals surface area contributed by atoms with Gasteiger partial charge in [0.15, 0.2) is 5.76 Å². The van der Waals surface area contributed by atoms with Crippen LogP contribution in [0, 0.1) is 0 Å². The standard InChI is InChI=1S/C14H14N2O3/c17-14(18)6-13-11-8-16(9-12(11)15-19-13)7-10-4-2-1-3-5-10/h1-5H,6-9H2,(H,17,18). The largest absolute Gasteiger partial charge is 0.481 e. The molecule has 1 aliphatic heterocycles. The first kappa shape index (κ1) is 11.9. The summed E-state index contributed by atoms with van der Waals surface area (Å²) in [6.45, 7) is 2.26. The molecule has 5 heteroatoms. The molecular weight excluding hydrogens is 244 g/mol. The summed E-state index contributed by atoms with van der Waals surface area (Å²) in [6, 6.07) is 10.2. The van der Waals surface area contributed by atoms with Gasteiger partial charge in [0.25, 0.3) is 0 Å². The van der Waals surface area contributed by atoms with Crippen molar-refractivity contribution in [1.29, 1.82) is 0 Å². The Hall–Kier alpha value is -2.14. The average molecular weight is 258 g/mol. The van der Waals surface area contributed by atoms with Gasteiger partial charge < -0.3 is 9.63 Å². The second kappa shape index (κ2) is 4.85. The van der Waals surface area contributed by atoms with Crippen LogP contribution >= 0.6 is 0 Å². The van der Waals surface area contributed by atoms with E-state index in [9.17, 15) is 4.79 Å². The maximum Gasteiger partial charge on any atom is 0.311 e. The van der Waals surface area contributed by atoms with Gasteiger partial charge in [-0.1, -0.05) is 35.5 Å². The van der Waals surface area contributed by atoms with E-state index in [1.165, 1.54) is 5.56 Å². The van der Waals surface area contributed by atoms with E-state index in [4.69, 9.17) is 9.63 Å². The average Bonchev–Trinajstić information content (AvgIpc) is 2.92. The van der Waals surface area contributed by atoms with Gasteiger partial charge in [0.2, 0.25) is 0 Å². The lowest BCUT2D eigenvalue weighted by molar-refractivity contribution is -0.136. The zero-order chi connectivity index (χ0) is 13.2. The summed E-state index contributed by atoms with van der Waals surface area (Å²) in [4.78, 5) is 13.0. The molecule has 19 heavy (non-hydrogen) atoms. The predicted molar refractivity (Wildman–Crippen MR) is 67.2 cm³/mol. The molecule has 0 saturated heterocycles. The third kappa shape index (κ3) is 2.51. The lowest BCUT2D eigenvalue weighted by Crippen LogP contribution is -2.16. The number of fused-ring (bicyclic) bond motifs is 1. The van der Waals surface area contributed by atoms with Gasteiger partial charge in [-0.05, 0) is 5.56 Å². The molecule has 2 aromatic rings. The Bertz CT molecular complexity index is 592. The van der Waals surface area contributed by atoms with Crippen molar-refractivity contribution in [2.24, 2.45) is 0 Å². The van der Waals surface area contributed by atoms with Gasteiger partial charge >= 0.3 is 5.97 Å². The molecule has 0 spiro atoms. The zero-order valence-electron chi connectivity index (χ0n) is 10.4. The van der Waals surface area contributed by atoms with E-state index in [1.807, 2.05) is 18.2 Å². The van der Waals surface area contributed by atoms with Gasteiger partial charge in [0, 0.05) is 25.2 Å². The van der Waals surface area contributed by atoms with Crippen molar-refractivity contribution in [3.8, 4) is 0 Å². The molecule has 1 aliphatic rings. The van der Waals surface area contributed by atoms with E-state index in [0.717, 1.165) is 17.8 Å². The lowest BCUT2D eigenvalue weighted by atomic mass is 10.2. The highest BCUT2D eigenvalue weighted by atomic mass is 16.5. The predicted octanol–water partition coefficient (Wildman–Crippen LogP) is 1.82. The molecule has 0 amide bonds. The molecule has 98 valence electrons. The minimum absolute atomic E-state index is 0.0957. The van der Waals surface area contributed by atoms with E-state index >= 15 is 0 Å². The van der Waals surface area contributed by atoms with Gasteiger partial charge in [-0.3, -0.25) is 9.69 Å². The summed E-state index contributed by atoms with van der Waals surface area (Å²) in [6.07, 6.45) is -0.0957. The van der Waals surface area contributed by atoms with Crippen molar-refractivity contribution in [2.75, 3.05) is 0 Å². The normalized spacial score (nSPS) is 14.5. The number of carbonyl (C=O) groups is 1. The highest BCUT2D eigenvalue weighted by Gasteiger charge is 2.27. The highest BCUT2D eigenvalue weighted by molar-refractivity contribution is 5.69. The van der Waals surface area contributed by atoms with E-state index in [1.54, 1.807) is 0 Å². The van der Waals surface area contributed by atoms with Gasteiger partial charge in [-0.15, -0.1) is 0 Å². The van der Waals surface area contributed by atoms with Crippen LogP contribution < -0.4 is 0 Å². The van der Waals surface area contributed by atoms with Crippen LogP contribution in [0.2, 0.25) is 0 Å². The Kier molecular flexibility index (Phi) is 3.05. The monoisotopic (exact) mass is 258 g/mol. The van der Waals surface area contributed by atoms with Crippen molar-refractivity contribution in [2.45, 2.75) is 26.1 Å². The third-order valence-electron chi connectivity index (χ3n) is 3.27. The van der Waals surface area contributed by atoms with Crippen LogP contribution in [0.3, 0.4) is 0 Å². The van der Waals surface area contributed by atoms with E-state index in [0.29, 0.717) is 18.8 Å². The quantitative estimate of drug-likeness (QED) is 0.906. The number of hydrogen-bond donors (Lipinski definition) is 1. The molecule has 0 unspecified atom stereocenters. The number of hydrogen-bond acceptors (Lipinski definition) is 4. The van der Waals surface area contributed by atoms with Gasteiger partial charge in [-0.25, -0.2) is 0 Å². The summed E-state index contributed by atoms with van der Waals surface area (Å²) in [5, 5.41) is 12.8. The molecule has 5 nitrogen and oxygen atoms in total. The minimum atomic E-state index is -0.888. The summed E-state index contributed by atoms with van der Waals surface area (Å²) in [5.41, 5.74) is 3.05. The first-order valence-electron chi connectivity index (χ1n) is 6.17. The van der Waals surface area contributed by atoms with E-state index < -0.39 is 5.97 Å². The van der Waals surface area contributed by atoms with Crippen molar-refractivity contribution in [3.05, 3.63) is 52.9 Å². The smallest absolute Gasteiger partial charge is 0.311 e. The fourth-order valence-electron chi connectivity index (χ4n) is 2.41. The van der Waals surface area contributed by atoms with E-state index in [2.05, 4.69) is 22.2 Å². The molecule has 0 fully saturated rings. The number of benzene rings is 1. The van der Waals surface area contributed by atoms with Crippen LogP contribution in [-0.2, 0) is 30.8 Å². The van der Waals surface area contributed by atoms with Crippen molar-refractivity contribution >= 4 is 5.97 Å². The van der Waals surface area contributed by atoms with E-state index in [-0.39, 0.29) is 6.42 Å². The number of carboxylic acid groups (broad SMARTS) is 1. The SMILES string of the molecule is O=C(O)Cc1onc2c1CN(Cc1ccccc1)C2. The Balaban J connectivity index is 1.71. The van der Waals surface area contributed by atoms with Crippen molar-refractivity contribution in [3.63, 3.8) is 0 Å². The maximum absolute atomic E-state index is 10.7. The van der Waals surface area contributed by atoms with Crippen molar-refractivity contribution < 1.29 is 14.4 Å². The number of aliphatic carboxylic acids is 1. The first-order chi connectivity index (χ1) is 9.22. The Morgan fingerprint density at radius 3 is 2.84 bits per heavy atom. The Morgan fingerprint density at radius 2 is 2.11 bits per heavy atom. The van der Waals surface area contributed by atoms with Crippen molar-refractivity contribution in [1.82, 2.24) is 10.1 Å². The van der Waals surface area contributed by atoms with Crippen LogP contribution in [0.5, 0.6) is 0 Å². The number of rotatable bonds is 4. The maximum atomic E-state index is 10.7. The molecule has 0 aliphatic carbocycles. The second-order valence-electron chi connectivity index (χ2n) is 4.73. The van der Waals surface area contributed by atoms with Crippen LogP contribution in [0.25, 0.3) is 0 Å². The fraction of sp³-hybridized carbons (Fsp3) is 0.286. The number of aromatic nitrogens is 1. The number of carboxylic acids is 1. The molecule has 0 radical (unpaired) electrons. The lowest BCUT2D eigenvalue weighted by Gasteiger charge is -2.14. The van der Waals surface area contributed by atoms with Crippen LogP contribution in [0.15, 0.2) is 34.9 Å². The second-order valence-corrected chi connectivity index (χ2v) is 4.73. The Labute approximate surface area is 110 Å². The first-order valence-corrected chi connectivity index (χ1v) is 6.17. The molecular formula is C14H14N2O3. The van der Waals surface area contributed by atoms with Crippen LogP contribution in [-0.4, -0.2) is 21.1 Å². The van der Waals surface area contributed by atoms with Gasteiger partial charge in [-0.2, -0.15) is 0 Å². The molecule has 2 heterocycles. The molecule has 1 aromatic heterocycles. The molecule has 0 bridgehead atoms. The summed E-state index contributed by atoms with van der Waals surface area (Å²) >= 11 is 0. The molecule has 0 atom stereocenters. The third-order valence-corrected chi connectivity index (χ3v) is 3.27. The molecule has 0 saturated carbocycles. The van der Waals surface area contributed by atoms with Gasteiger partial charge in [0.05, 0.1) is 0 Å². The summed E-state index contributed by atoms with van der Waals surface area (Å²) in [5.74, 6) is -0.404. The molecule has 1 N–H and O–H groups in total. The fourth-order valence-corrected chi connectivity index (χ4v) is 2.41. The minimum Gasteiger partial charge on any atom is -0.481 e. The topological polar surface area (TPSA) is 66.6 Å². The van der Waals surface area contributed by atoms with Crippen LogP contribution in [0.1, 0.15) is 22.6 Å². The van der Waals surface area contributed by atoms with Crippen LogP contribution in [0.4, 0.5) is 0 Å². The summed E-state index contributed by atoms with van der Waals surface area (Å²) in [7, 11) is 0. The number of nitrogens with zero attached hydrogens (tertiary/aromatic N) is 2. The molecule has 1 aromatic carbocycles. The summed E-state index contributed by atoms with van der Waals surface area (Å²) < 4.78 is 5.09. The zero-order valence-corrected chi connectivity index (χ0v) is 10.4. The highest BCUT2D eigenvalue weighted by Crippen LogP contribution is 2.27. The van der Waals surface area contributed by atoms with Gasteiger partial charge in [0.1, 0.15) is 12.1 Å². The molecule has 3 rings (SSSR count). The Morgan fingerprint density at radius 1 is 1.32 bits per heavy atom.